The molecule has 112 valence electrons. The van der Waals surface area contributed by atoms with Gasteiger partial charge in [0.15, 0.2) is 0 Å². The lowest BCUT2D eigenvalue weighted by atomic mass is 10.1. The van der Waals surface area contributed by atoms with Crippen LogP contribution in [0.3, 0.4) is 0 Å². The number of ether oxygens (including phenoxy) is 1. The minimum atomic E-state index is -0.176. The fraction of sp³-hybridized carbons (Fsp3) is 0.625. The van der Waals surface area contributed by atoms with Crippen LogP contribution in [0.2, 0.25) is 0 Å². The van der Waals surface area contributed by atoms with Crippen molar-refractivity contribution in [1.82, 2.24) is 5.32 Å². The van der Waals surface area contributed by atoms with Gasteiger partial charge in [0.2, 0.25) is 0 Å². The van der Waals surface area contributed by atoms with E-state index in [1.54, 1.807) is 7.11 Å². The molecule has 0 aromatic heterocycles. The second-order valence-corrected chi connectivity index (χ2v) is 6.08. The average molecular weight is 280 g/mol. The molecule has 0 bridgehead atoms. The van der Waals surface area contributed by atoms with E-state index in [1.165, 1.54) is 12.1 Å². The maximum absolute atomic E-state index is 12.9. The van der Waals surface area contributed by atoms with Crippen molar-refractivity contribution >= 4 is 5.69 Å². The molecule has 1 heterocycles. The third-order valence-corrected chi connectivity index (χ3v) is 4.09. The van der Waals surface area contributed by atoms with E-state index >= 15 is 0 Å². The Kier molecular flexibility index (Phi) is 5.00. The molecule has 1 N–H and O–H groups in total. The van der Waals surface area contributed by atoms with Crippen LogP contribution in [0.25, 0.3) is 0 Å². The molecule has 1 atom stereocenters. The van der Waals surface area contributed by atoms with Crippen molar-refractivity contribution < 1.29 is 9.13 Å². The van der Waals surface area contributed by atoms with Crippen molar-refractivity contribution in [1.29, 1.82) is 0 Å². The zero-order valence-corrected chi connectivity index (χ0v) is 12.7. The Morgan fingerprint density at radius 3 is 2.70 bits per heavy atom. The highest BCUT2D eigenvalue weighted by atomic mass is 19.1. The molecule has 0 radical (unpaired) electrons. The number of anilines is 1. The summed E-state index contributed by atoms with van der Waals surface area (Å²) < 4.78 is 18.3. The molecule has 1 fully saturated rings. The summed E-state index contributed by atoms with van der Waals surface area (Å²) in [6.45, 7) is 7.18. The predicted octanol–water partition coefficient (Wildman–Crippen LogP) is 2.81. The van der Waals surface area contributed by atoms with Gasteiger partial charge in [-0.1, -0.05) is 0 Å². The number of nitrogens with zero attached hydrogens (tertiary/aromatic N) is 1. The highest BCUT2D eigenvalue weighted by molar-refractivity contribution is 5.47. The van der Waals surface area contributed by atoms with Crippen molar-refractivity contribution in [2.24, 2.45) is 0 Å². The zero-order chi connectivity index (χ0) is 14.6. The van der Waals surface area contributed by atoms with Gasteiger partial charge >= 0.3 is 0 Å². The normalized spacial score (nSPS) is 19.6. The lowest BCUT2D eigenvalue weighted by Crippen LogP contribution is -2.36. The van der Waals surface area contributed by atoms with Crippen molar-refractivity contribution in [2.45, 2.75) is 38.3 Å². The van der Waals surface area contributed by atoms with Gasteiger partial charge in [0, 0.05) is 31.9 Å². The van der Waals surface area contributed by atoms with Crippen LogP contribution in [0, 0.1) is 5.82 Å². The Morgan fingerprint density at radius 1 is 1.35 bits per heavy atom. The van der Waals surface area contributed by atoms with Crippen LogP contribution in [-0.4, -0.2) is 38.4 Å². The lowest BCUT2D eigenvalue weighted by molar-refractivity contribution is 0.0155. The predicted molar refractivity (Wildman–Crippen MR) is 80.7 cm³/mol. The lowest BCUT2D eigenvalue weighted by Gasteiger charge is -2.24. The highest BCUT2D eigenvalue weighted by Crippen LogP contribution is 2.21. The monoisotopic (exact) mass is 280 g/mol. The zero-order valence-electron chi connectivity index (χ0n) is 12.7. The molecule has 0 spiro atoms. The quantitative estimate of drug-likeness (QED) is 0.867. The smallest absolute Gasteiger partial charge is 0.123 e. The van der Waals surface area contributed by atoms with Crippen molar-refractivity contribution in [3.63, 3.8) is 0 Å². The third kappa shape index (κ3) is 4.18. The Labute approximate surface area is 121 Å². The Morgan fingerprint density at radius 2 is 2.05 bits per heavy atom. The van der Waals surface area contributed by atoms with Crippen LogP contribution in [0.5, 0.6) is 0 Å². The van der Waals surface area contributed by atoms with E-state index < -0.39 is 0 Å². The highest BCUT2D eigenvalue weighted by Gasteiger charge is 2.23. The Balaban J connectivity index is 1.76. The number of methoxy groups -OCH3 is 1. The summed E-state index contributed by atoms with van der Waals surface area (Å²) in [5, 5.41) is 3.59. The molecule has 2 rings (SSSR count). The number of rotatable bonds is 6. The van der Waals surface area contributed by atoms with E-state index in [0.717, 1.165) is 38.2 Å². The summed E-state index contributed by atoms with van der Waals surface area (Å²) in [5.74, 6) is -0.176. The van der Waals surface area contributed by atoms with Crippen LogP contribution < -0.4 is 10.2 Å². The number of nitrogens with one attached hydrogen (secondary N) is 1. The van der Waals surface area contributed by atoms with E-state index in [0.29, 0.717) is 6.04 Å². The molecule has 20 heavy (non-hydrogen) atoms. The van der Waals surface area contributed by atoms with Gasteiger partial charge in [-0.15, -0.1) is 0 Å². The van der Waals surface area contributed by atoms with Crippen LogP contribution in [0.15, 0.2) is 24.3 Å². The molecule has 4 heteroatoms. The van der Waals surface area contributed by atoms with Crippen LogP contribution in [0.4, 0.5) is 10.1 Å². The molecular formula is C16H25FN2O. The van der Waals surface area contributed by atoms with E-state index in [-0.39, 0.29) is 11.4 Å². The summed E-state index contributed by atoms with van der Waals surface area (Å²) in [5.41, 5.74) is 1.04. The molecule has 0 amide bonds. The second-order valence-electron chi connectivity index (χ2n) is 6.08. The molecule has 3 nitrogen and oxygen atoms in total. The van der Waals surface area contributed by atoms with Gasteiger partial charge < -0.3 is 15.0 Å². The first-order valence-corrected chi connectivity index (χ1v) is 7.29. The minimum Gasteiger partial charge on any atom is -0.379 e. The minimum absolute atomic E-state index is 0.0672. The van der Waals surface area contributed by atoms with Gasteiger partial charge in [0.1, 0.15) is 5.82 Å². The van der Waals surface area contributed by atoms with Gasteiger partial charge in [-0.3, -0.25) is 0 Å². The van der Waals surface area contributed by atoms with E-state index in [1.807, 2.05) is 12.1 Å². The van der Waals surface area contributed by atoms with E-state index in [2.05, 4.69) is 24.1 Å². The van der Waals surface area contributed by atoms with E-state index in [9.17, 15) is 4.39 Å². The number of benzene rings is 1. The fourth-order valence-electron chi connectivity index (χ4n) is 2.49. The molecule has 1 aromatic rings. The first-order chi connectivity index (χ1) is 9.50. The third-order valence-electron chi connectivity index (χ3n) is 4.09. The number of halogens is 1. The molecule has 1 aromatic carbocycles. The molecule has 1 aliphatic rings. The van der Waals surface area contributed by atoms with Gasteiger partial charge in [-0.05, 0) is 57.5 Å². The summed E-state index contributed by atoms with van der Waals surface area (Å²) in [6.07, 6.45) is 2.13. The largest absolute Gasteiger partial charge is 0.379 e. The first-order valence-electron chi connectivity index (χ1n) is 7.29. The van der Waals surface area contributed by atoms with Crippen molar-refractivity contribution in [2.75, 3.05) is 31.6 Å². The Bertz CT molecular complexity index is 419. The summed E-state index contributed by atoms with van der Waals surface area (Å²) in [6, 6.07) is 7.26. The van der Waals surface area contributed by atoms with Gasteiger partial charge in [-0.2, -0.15) is 0 Å². The van der Waals surface area contributed by atoms with Crippen molar-refractivity contribution in [3.8, 4) is 0 Å². The standard InChI is InChI=1S/C16H25FN2O/c1-16(2,20-3)9-10-18-14-8-11-19(12-14)15-6-4-13(17)5-7-15/h4-7,14,18H,8-12H2,1-3H3/t14-/m0/s1. The first kappa shape index (κ1) is 15.3. The molecule has 0 saturated carbocycles. The molecule has 0 aliphatic carbocycles. The van der Waals surface area contributed by atoms with Gasteiger partial charge in [-0.25, -0.2) is 4.39 Å². The summed E-state index contributed by atoms with van der Waals surface area (Å²) in [4.78, 5) is 2.30. The molecule has 1 saturated heterocycles. The summed E-state index contributed by atoms with van der Waals surface area (Å²) in [7, 11) is 1.76. The fourth-order valence-corrected chi connectivity index (χ4v) is 2.49. The number of hydrogen-bond donors (Lipinski definition) is 1. The maximum atomic E-state index is 12.9. The van der Waals surface area contributed by atoms with Crippen LogP contribution in [-0.2, 0) is 4.74 Å². The van der Waals surface area contributed by atoms with E-state index in [4.69, 9.17) is 4.74 Å². The number of hydrogen-bond acceptors (Lipinski definition) is 3. The van der Waals surface area contributed by atoms with Crippen LogP contribution >= 0.6 is 0 Å². The van der Waals surface area contributed by atoms with Gasteiger partial charge in [0.25, 0.3) is 0 Å². The molecule has 0 unspecified atom stereocenters. The SMILES string of the molecule is COC(C)(C)CCN[C@H]1CCN(c2ccc(F)cc2)C1. The van der Waals surface area contributed by atoms with Crippen LogP contribution in [0.1, 0.15) is 26.7 Å². The van der Waals surface area contributed by atoms with Gasteiger partial charge in [0.05, 0.1) is 5.60 Å². The second kappa shape index (κ2) is 6.55. The topological polar surface area (TPSA) is 24.5 Å². The molecular weight excluding hydrogens is 255 g/mol. The maximum Gasteiger partial charge on any atom is 0.123 e. The Hall–Kier alpha value is -1.13. The average Bonchev–Trinajstić information content (AvgIpc) is 2.88. The summed E-state index contributed by atoms with van der Waals surface area (Å²) >= 11 is 0. The van der Waals surface area contributed by atoms with Crippen molar-refractivity contribution in [3.05, 3.63) is 30.1 Å². The molecule has 1 aliphatic heterocycles.